The van der Waals surface area contributed by atoms with Crippen molar-refractivity contribution >= 4 is 33.2 Å². The summed E-state index contributed by atoms with van der Waals surface area (Å²) in [6.07, 6.45) is -4.80. The van der Waals surface area contributed by atoms with Crippen LogP contribution >= 0.6 is 27.5 Å². The van der Waals surface area contributed by atoms with Crippen molar-refractivity contribution < 1.29 is 17.9 Å². The van der Waals surface area contributed by atoms with Crippen LogP contribution in [0.15, 0.2) is 16.6 Å². The molecule has 2 N–H and O–H groups in total. The number of nitrogens with two attached hydrogens (primary N) is 1. The van der Waals surface area contributed by atoms with Crippen LogP contribution in [0.25, 0.3) is 0 Å². The summed E-state index contributed by atoms with van der Waals surface area (Å²) in [6.45, 7) is 0. The first-order valence-corrected chi connectivity index (χ1v) is 4.47. The van der Waals surface area contributed by atoms with Crippen LogP contribution in [0.3, 0.4) is 0 Å². The highest BCUT2D eigenvalue weighted by atomic mass is 79.9. The first kappa shape index (κ1) is 11.5. The van der Waals surface area contributed by atoms with E-state index in [9.17, 15) is 13.2 Å². The molecular formula is C7H4BrClF3NO. The zero-order valence-corrected chi connectivity index (χ0v) is 8.87. The standard InChI is InChI=1S/C7H4BrClF3NO/c8-3-1-4(9)6(5(13)2-3)14-7(10,11)12/h1-2H,13H2. The molecular weight excluding hydrogens is 286 g/mol. The van der Waals surface area contributed by atoms with Crippen molar-refractivity contribution in [2.75, 3.05) is 5.73 Å². The van der Waals surface area contributed by atoms with E-state index in [-0.39, 0.29) is 10.7 Å². The normalized spacial score (nSPS) is 11.5. The van der Waals surface area contributed by atoms with Crippen LogP contribution in [0.1, 0.15) is 0 Å². The molecule has 14 heavy (non-hydrogen) atoms. The third-order valence-electron chi connectivity index (χ3n) is 1.25. The number of rotatable bonds is 1. The molecule has 78 valence electrons. The number of hydrogen-bond donors (Lipinski definition) is 1. The van der Waals surface area contributed by atoms with E-state index in [4.69, 9.17) is 17.3 Å². The molecule has 1 aromatic carbocycles. The van der Waals surface area contributed by atoms with Crippen molar-refractivity contribution in [2.24, 2.45) is 0 Å². The fourth-order valence-corrected chi connectivity index (χ4v) is 1.68. The Morgan fingerprint density at radius 1 is 1.36 bits per heavy atom. The number of nitrogen functional groups attached to an aromatic ring is 1. The van der Waals surface area contributed by atoms with Gasteiger partial charge in [-0.05, 0) is 12.1 Å². The largest absolute Gasteiger partial charge is 0.573 e. The number of ether oxygens (including phenoxy) is 1. The quantitative estimate of drug-likeness (QED) is 0.802. The highest BCUT2D eigenvalue weighted by Gasteiger charge is 2.33. The Kier molecular flexibility index (Phi) is 3.16. The molecule has 1 aromatic rings. The zero-order chi connectivity index (χ0) is 10.9. The van der Waals surface area contributed by atoms with E-state index < -0.39 is 12.1 Å². The summed E-state index contributed by atoms with van der Waals surface area (Å²) in [7, 11) is 0. The summed E-state index contributed by atoms with van der Waals surface area (Å²) in [5, 5.41) is -0.200. The molecule has 7 heteroatoms. The molecule has 0 saturated heterocycles. The third-order valence-corrected chi connectivity index (χ3v) is 1.99. The van der Waals surface area contributed by atoms with Crippen molar-refractivity contribution in [3.05, 3.63) is 21.6 Å². The number of anilines is 1. The first-order chi connectivity index (χ1) is 6.29. The Balaban J connectivity index is 3.09. The lowest BCUT2D eigenvalue weighted by molar-refractivity contribution is -0.274. The van der Waals surface area contributed by atoms with Crippen molar-refractivity contribution in [2.45, 2.75) is 6.36 Å². The number of benzene rings is 1. The van der Waals surface area contributed by atoms with Gasteiger partial charge in [-0.2, -0.15) is 0 Å². The molecule has 0 bridgehead atoms. The monoisotopic (exact) mass is 289 g/mol. The Bertz CT molecular complexity index is 332. The van der Waals surface area contributed by atoms with E-state index in [1.165, 1.54) is 12.1 Å². The second-order valence-electron chi connectivity index (χ2n) is 2.35. The predicted molar refractivity (Wildman–Crippen MR) is 50.2 cm³/mol. The predicted octanol–water partition coefficient (Wildman–Crippen LogP) is 3.58. The minimum Gasteiger partial charge on any atom is -0.402 e. The maximum Gasteiger partial charge on any atom is 0.573 e. The summed E-state index contributed by atoms with van der Waals surface area (Å²) < 4.78 is 39.7. The molecule has 0 fully saturated rings. The Labute approximate surface area is 90.9 Å². The lowest BCUT2D eigenvalue weighted by Gasteiger charge is -2.12. The molecule has 1 rings (SSSR count). The SMILES string of the molecule is Nc1cc(Br)cc(Cl)c1OC(F)(F)F. The van der Waals surface area contributed by atoms with Crippen LogP contribution in [0.5, 0.6) is 5.75 Å². The Hall–Kier alpha value is -0.620. The minimum absolute atomic E-state index is 0.179. The molecule has 2 nitrogen and oxygen atoms in total. The van der Waals surface area contributed by atoms with E-state index in [0.29, 0.717) is 4.47 Å². The molecule has 0 saturated carbocycles. The van der Waals surface area contributed by atoms with E-state index in [1.807, 2.05) is 0 Å². The average Bonchev–Trinajstić information content (AvgIpc) is 1.95. The van der Waals surface area contributed by atoms with Gasteiger partial charge in [0.1, 0.15) is 0 Å². The van der Waals surface area contributed by atoms with Gasteiger partial charge in [-0.15, -0.1) is 13.2 Å². The molecule has 0 atom stereocenters. The highest BCUT2D eigenvalue weighted by molar-refractivity contribution is 9.10. The molecule has 0 spiro atoms. The molecule has 0 aliphatic heterocycles. The fraction of sp³-hybridized carbons (Fsp3) is 0.143. The zero-order valence-electron chi connectivity index (χ0n) is 6.53. The Morgan fingerprint density at radius 3 is 2.36 bits per heavy atom. The van der Waals surface area contributed by atoms with Crippen molar-refractivity contribution in [1.82, 2.24) is 0 Å². The molecule has 0 aliphatic carbocycles. The first-order valence-electron chi connectivity index (χ1n) is 3.30. The van der Waals surface area contributed by atoms with Crippen molar-refractivity contribution in [3.63, 3.8) is 0 Å². The van der Waals surface area contributed by atoms with Crippen molar-refractivity contribution in [1.29, 1.82) is 0 Å². The topological polar surface area (TPSA) is 35.2 Å². The van der Waals surface area contributed by atoms with Gasteiger partial charge in [-0.3, -0.25) is 0 Å². The van der Waals surface area contributed by atoms with E-state index in [0.717, 1.165) is 0 Å². The van der Waals surface area contributed by atoms with E-state index >= 15 is 0 Å². The summed E-state index contributed by atoms with van der Waals surface area (Å²) in [5.41, 5.74) is 5.11. The van der Waals surface area contributed by atoms with Crippen LogP contribution in [-0.4, -0.2) is 6.36 Å². The third kappa shape index (κ3) is 2.95. The van der Waals surface area contributed by atoms with Crippen LogP contribution < -0.4 is 10.5 Å². The molecule has 0 aliphatic rings. The maximum atomic E-state index is 11.9. The van der Waals surface area contributed by atoms with Crippen LogP contribution in [0.2, 0.25) is 5.02 Å². The summed E-state index contributed by atoms with van der Waals surface area (Å²) in [4.78, 5) is 0. The highest BCUT2D eigenvalue weighted by Crippen LogP contribution is 2.37. The van der Waals surface area contributed by atoms with Crippen LogP contribution in [0.4, 0.5) is 18.9 Å². The summed E-state index contributed by atoms with van der Waals surface area (Å²) >= 11 is 8.53. The maximum absolute atomic E-state index is 11.9. The van der Waals surface area contributed by atoms with Gasteiger partial charge < -0.3 is 10.5 Å². The Morgan fingerprint density at radius 2 is 1.93 bits per heavy atom. The second-order valence-corrected chi connectivity index (χ2v) is 3.68. The fourth-order valence-electron chi connectivity index (χ4n) is 0.804. The molecule has 0 unspecified atom stereocenters. The van der Waals surface area contributed by atoms with Gasteiger partial charge in [0.2, 0.25) is 0 Å². The van der Waals surface area contributed by atoms with Gasteiger partial charge in [0.25, 0.3) is 0 Å². The molecule has 0 heterocycles. The van der Waals surface area contributed by atoms with Gasteiger partial charge in [0, 0.05) is 4.47 Å². The molecule has 0 aromatic heterocycles. The van der Waals surface area contributed by atoms with E-state index in [1.54, 1.807) is 0 Å². The molecule has 0 radical (unpaired) electrons. The van der Waals surface area contributed by atoms with Crippen LogP contribution in [-0.2, 0) is 0 Å². The number of hydrogen-bond acceptors (Lipinski definition) is 2. The number of alkyl halides is 3. The molecule has 0 amide bonds. The minimum atomic E-state index is -4.80. The summed E-state index contributed by atoms with van der Waals surface area (Å²) in [5.74, 6) is -0.581. The van der Waals surface area contributed by atoms with Crippen molar-refractivity contribution in [3.8, 4) is 5.75 Å². The number of halogens is 5. The summed E-state index contributed by atoms with van der Waals surface area (Å²) in [6, 6.07) is 2.53. The van der Waals surface area contributed by atoms with Crippen LogP contribution in [0, 0.1) is 0 Å². The second kappa shape index (κ2) is 3.86. The van der Waals surface area contributed by atoms with E-state index in [2.05, 4.69) is 20.7 Å². The van der Waals surface area contributed by atoms with Gasteiger partial charge in [0.15, 0.2) is 5.75 Å². The lowest BCUT2D eigenvalue weighted by Crippen LogP contribution is -2.18. The van der Waals surface area contributed by atoms with Gasteiger partial charge in [-0.1, -0.05) is 27.5 Å². The van der Waals surface area contributed by atoms with Gasteiger partial charge in [0.05, 0.1) is 10.7 Å². The smallest absolute Gasteiger partial charge is 0.402 e. The lowest BCUT2D eigenvalue weighted by atomic mass is 10.3. The van der Waals surface area contributed by atoms with Gasteiger partial charge >= 0.3 is 6.36 Å². The average molecular weight is 290 g/mol. The van der Waals surface area contributed by atoms with Gasteiger partial charge in [-0.25, -0.2) is 0 Å².